The summed E-state index contributed by atoms with van der Waals surface area (Å²) >= 11 is 3.51. The van der Waals surface area contributed by atoms with Crippen molar-refractivity contribution in [1.82, 2.24) is 4.90 Å². The summed E-state index contributed by atoms with van der Waals surface area (Å²) in [6.45, 7) is 3.36. The Labute approximate surface area is 111 Å². The number of halogens is 1. The van der Waals surface area contributed by atoms with E-state index >= 15 is 0 Å². The Morgan fingerprint density at radius 1 is 1.47 bits per heavy atom. The van der Waals surface area contributed by atoms with Crippen molar-refractivity contribution in [3.63, 3.8) is 0 Å². The van der Waals surface area contributed by atoms with Crippen LogP contribution in [-0.4, -0.2) is 29.6 Å². The van der Waals surface area contributed by atoms with E-state index in [0.717, 1.165) is 17.6 Å². The zero-order valence-electron chi connectivity index (χ0n) is 10.2. The van der Waals surface area contributed by atoms with Crippen LogP contribution in [0.25, 0.3) is 0 Å². The molecule has 1 N–H and O–H groups in total. The van der Waals surface area contributed by atoms with Crippen molar-refractivity contribution in [2.24, 2.45) is 5.92 Å². The number of carboxylic acid groups (broad SMARTS) is 1. The maximum atomic E-state index is 10.7. The van der Waals surface area contributed by atoms with Crippen LogP contribution in [-0.2, 0) is 11.3 Å². The lowest BCUT2D eigenvalue weighted by Crippen LogP contribution is -2.23. The van der Waals surface area contributed by atoms with E-state index in [0.29, 0.717) is 6.42 Å². The Balaban J connectivity index is 2.42. The Bertz CT molecular complexity index is 381. The second-order valence-electron chi connectivity index (χ2n) is 4.36. The number of rotatable bonds is 6. The number of hydrogen-bond donors (Lipinski definition) is 1. The lowest BCUT2D eigenvalue weighted by atomic mass is 10.1. The van der Waals surface area contributed by atoms with Gasteiger partial charge in [0.1, 0.15) is 0 Å². The standard InChI is InChI=1S/C13H18BrNO2/c1-10(13(16)17)7-8-15(2)9-11-5-3-4-6-12(11)14/h3-6,10H,7-9H2,1-2H3,(H,16,17). The SMILES string of the molecule is CC(CCN(C)Cc1ccccc1Br)C(=O)O. The van der Waals surface area contributed by atoms with Gasteiger partial charge >= 0.3 is 5.97 Å². The van der Waals surface area contributed by atoms with E-state index in [1.165, 1.54) is 5.56 Å². The molecule has 0 aliphatic carbocycles. The largest absolute Gasteiger partial charge is 0.481 e. The summed E-state index contributed by atoms with van der Waals surface area (Å²) in [4.78, 5) is 12.8. The van der Waals surface area contributed by atoms with E-state index < -0.39 is 5.97 Å². The monoisotopic (exact) mass is 299 g/mol. The van der Waals surface area contributed by atoms with E-state index in [1.807, 2.05) is 25.2 Å². The molecule has 0 heterocycles. The van der Waals surface area contributed by atoms with Crippen LogP contribution in [0.2, 0.25) is 0 Å². The van der Waals surface area contributed by atoms with Crippen molar-refractivity contribution in [2.75, 3.05) is 13.6 Å². The van der Waals surface area contributed by atoms with Gasteiger partial charge < -0.3 is 10.0 Å². The maximum absolute atomic E-state index is 10.7. The highest BCUT2D eigenvalue weighted by atomic mass is 79.9. The van der Waals surface area contributed by atoms with Gasteiger partial charge in [0.2, 0.25) is 0 Å². The molecule has 4 heteroatoms. The number of benzene rings is 1. The molecule has 1 atom stereocenters. The summed E-state index contributed by atoms with van der Waals surface area (Å²) in [6, 6.07) is 8.08. The summed E-state index contributed by atoms with van der Waals surface area (Å²) in [5.41, 5.74) is 1.22. The van der Waals surface area contributed by atoms with Crippen molar-refractivity contribution < 1.29 is 9.90 Å². The minimum absolute atomic E-state index is 0.281. The quantitative estimate of drug-likeness (QED) is 0.878. The van der Waals surface area contributed by atoms with Crippen molar-refractivity contribution in [1.29, 1.82) is 0 Å². The number of aliphatic carboxylic acids is 1. The third-order valence-corrected chi connectivity index (χ3v) is 3.54. The molecule has 1 rings (SSSR count). The third-order valence-electron chi connectivity index (χ3n) is 2.76. The highest BCUT2D eigenvalue weighted by Crippen LogP contribution is 2.17. The molecule has 0 aromatic heterocycles. The zero-order valence-corrected chi connectivity index (χ0v) is 11.8. The van der Waals surface area contributed by atoms with E-state index in [-0.39, 0.29) is 5.92 Å². The molecule has 1 aromatic carbocycles. The lowest BCUT2D eigenvalue weighted by Gasteiger charge is -2.18. The smallest absolute Gasteiger partial charge is 0.306 e. The second kappa shape index (κ2) is 6.77. The summed E-state index contributed by atoms with van der Waals surface area (Å²) in [5, 5.41) is 8.80. The molecule has 0 fully saturated rings. The Hall–Kier alpha value is -0.870. The minimum Gasteiger partial charge on any atom is -0.481 e. The van der Waals surface area contributed by atoms with Crippen LogP contribution >= 0.6 is 15.9 Å². The molecule has 0 saturated carbocycles. The Kier molecular flexibility index (Phi) is 5.65. The van der Waals surface area contributed by atoms with Crippen LogP contribution in [0.1, 0.15) is 18.9 Å². The summed E-state index contributed by atoms with van der Waals surface area (Å²) < 4.78 is 1.10. The first-order valence-corrected chi connectivity index (χ1v) is 6.44. The van der Waals surface area contributed by atoms with Crippen LogP contribution < -0.4 is 0 Å². The molecule has 94 valence electrons. The van der Waals surface area contributed by atoms with Gasteiger partial charge in [0.05, 0.1) is 5.92 Å². The molecule has 0 radical (unpaired) electrons. The number of carbonyl (C=O) groups is 1. The predicted molar refractivity (Wildman–Crippen MR) is 71.9 cm³/mol. The first-order chi connectivity index (χ1) is 8.00. The van der Waals surface area contributed by atoms with E-state index in [1.54, 1.807) is 6.92 Å². The van der Waals surface area contributed by atoms with E-state index in [2.05, 4.69) is 26.9 Å². The van der Waals surface area contributed by atoms with E-state index in [4.69, 9.17) is 5.11 Å². The van der Waals surface area contributed by atoms with Crippen LogP contribution in [0.3, 0.4) is 0 Å². The average molecular weight is 300 g/mol. The second-order valence-corrected chi connectivity index (χ2v) is 5.21. The summed E-state index contributed by atoms with van der Waals surface area (Å²) in [5.74, 6) is -1.00. The predicted octanol–water partition coefficient (Wildman–Crippen LogP) is 2.99. The van der Waals surface area contributed by atoms with Gasteiger partial charge in [0.15, 0.2) is 0 Å². The van der Waals surface area contributed by atoms with Gasteiger partial charge in [-0.2, -0.15) is 0 Å². The van der Waals surface area contributed by atoms with Crippen LogP contribution in [0.5, 0.6) is 0 Å². The molecule has 0 saturated heterocycles. The molecule has 0 spiro atoms. The average Bonchev–Trinajstić information content (AvgIpc) is 2.29. The molecule has 0 bridgehead atoms. The Morgan fingerprint density at radius 3 is 2.71 bits per heavy atom. The fourth-order valence-electron chi connectivity index (χ4n) is 1.53. The number of nitrogens with zero attached hydrogens (tertiary/aromatic N) is 1. The fourth-order valence-corrected chi connectivity index (χ4v) is 1.94. The molecular weight excluding hydrogens is 282 g/mol. The van der Waals surface area contributed by atoms with Crippen LogP contribution in [0.15, 0.2) is 28.7 Å². The summed E-state index contributed by atoms with van der Waals surface area (Å²) in [6.07, 6.45) is 0.677. The molecule has 0 aliphatic heterocycles. The van der Waals surface area contributed by atoms with Crippen molar-refractivity contribution >= 4 is 21.9 Å². The van der Waals surface area contributed by atoms with Gasteiger partial charge in [0.25, 0.3) is 0 Å². The highest BCUT2D eigenvalue weighted by Gasteiger charge is 2.12. The maximum Gasteiger partial charge on any atom is 0.306 e. The third kappa shape index (κ3) is 4.88. The topological polar surface area (TPSA) is 40.5 Å². The summed E-state index contributed by atoms with van der Waals surface area (Å²) in [7, 11) is 2.01. The van der Waals surface area contributed by atoms with Crippen molar-refractivity contribution in [3.05, 3.63) is 34.3 Å². The van der Waals surface area contributed by atoms with Gasteiger partial charge in [-0.3, -0.25) is 4.79 Å². The first kappa shape index (κ1) is 14.2. The molecule has 3 nitrogen and oxygen atoms in total. The molecule has 1 unspecified atom stereocenters. The zero-order chi connectivity index (χ0) is 12.8. The fraction of sp³-hybridized carbons (Fsp3) is 0.462. The number of carboxylic acids is 1. The van der Waals surface area contributed by atoms with Crippen molar-refractivity contribution in [3.8, 4) is 0 Å². The van der Waals surface area contributed by atoms with Gasteiger partial charge in [0, 0.05) is 11.0 Å². The molecule has 17 heavy (non-hydrogen) atoms. The minimum atomic E-state index is -0.723. The van der Waals surface area contributed by atoms with Crippen LogP contribution in [0.4, 0.5) is 0 Å². The molecule has 0 aliphatic rings. The molecule has 0 amide bonds. The van der Waals surface area contributed by atoms with Crippen LogP contribution in [0, 0.1) is 5.92 Å². The molecular formula is C13H18BrNO2. The van der Waals surface area contributed by atoms with Crippen molar-refractivity contribution in [2.45, 2.75) is 19.9 Å². The first-order valence-electron chi connectivity index (χ1n) is 5.65. The molecule has 1 aromatic rings. The normalized spacial score (nSPS) is 12.7. The Morgan fingerprint density at radius 2 is 2.12 bits per heavy atom. The van der Waals surface area contributed by atoms with Gasteiger partial charge in [-0.15, -0.1) is 0 Å². The highest BCUT2D eigenvalue weighted by molar-refractivity contribution is 9.10. The number of hydrogen-bond acceptors (Lipinski definition) is 2. The van der Waals surface area contributed by atoms with Gasteiger partial charge in [-0.1, -0.05) is 41.1 Å². The van der Waals surface area contributed by atoms with Gasteiger partial charge in [-0.25, -0.2) is 0 Å². The van der Waals surface area contributed by atoms with Gasteiger partial charge in [-0.05, 0) is 31.6 Å². The van der Waals surface area contributed by atoms with E-state index in [9.17, 15) is 4.79 Å². The lowest BCUT2D eigenvalue weighted by molar-refractivity contribution is -0.141.